The Bertz CT molecular complexity index is 889. The number of carbonyl (C=O) groups excluding carboxylic acids is 2. The molecular weight excluding hydrogens is 300 g/mol. The van der Waals surface area contributed by atoms with E-state index in [9.17, 15) is 9.59 Å². The van der Waals surface area contributed by atoms with Crippen LogP contribution in [0.2, 0.25) is 0 Å². The summed E-state index contributed by atoms with van der Waals surface area (Å²) in [4.78, 5) is 24.4. The molecule has 2 amide bonds. The summed E-state index contributed by atoms with van der Waals surface area (Å²) in [6.45, 7) is 0. The van der Waals surface area contributed by atoms with E-state index < -0.39 is 5.91 Å². The molecule has 3 aromatic rings. The van der Waals surface area contributed by atoms with Crippen LogP contribution in [0.25, 0.3) is 11.1 Å². The molecule has 3 N–H and O–H groups in total. The zero-order chi connectivity index (χ0) is 16.9. The fraction of sp³-hybridized carbons (Fsp3) is 0. The number of hydrogen-bond donors (Lipinski definition) is 2. The lowest BCUT2D eigenvalue weighted by atomic mass is 9.94. The highest BCUT2D eigenvalue weighted by Crippen LogP contribution is 2.27. The van der Waals surface area contributed by atoms with Crippen molar-refractivity contribution < 1.29 is 9.59 Å². The topological polar surface area (TPSA) is 72.2 Å². The molecule has 0 unspecified atom stereocenters. The van der Waals surface area contributed by atoms with E-state index in [1.54, 1.807) is 30.3 Å². The number of hydrogen-bond acceptors (Lipinski definition) is 2. The maximum Gasteiger partial charge on any atom is 0.256 e. The van der Waals surface area contributed by atoms with Crippen molar-refractivity contribution in [2.24, 2.45) is 5.73 Å². The van der Waals surface area contributed by atoms with Gasteiger partial charge in [-0.1, -0.05) is 54.6 Å². The predicted octanol–water partition coefficient (Wildman–Crippen LogP) is 3.70. The van der Waals surface area contributed by atoms with Crippen LogP contribution in [-0.4, -0.2) is 11.8 Å². The van der Waals surface area contributed by atoms with Crippen LogP contribution in [0.5, 0.6) is 0 Å². The van der Waals surface area contributed by atoms with Crippen molar-refractivity contribution in [3.63, 3.8) is 0 Å². The van der Waals surface area contributed by atoms with Crippen molar-refractivity contribution in [2.75, 3.05) is 5.32 Å². The van der Waals surface area contributed by atoms with Crippen molar-refractivity contribution in [1.82, 2.24) is 0 Å². The largest absolute Gasteiger partial charge is 0.366 e. The second kappa shape index (κ2) is 6.79. The summed E-state index contributed by atoms with van der Waals surface area (Å²) >= 11 is 0. The van der Waals surface area contributed by atoms with E-state index >= 15 is 0 Å². The van der Waals surface area contributed by atoms with Gasteiger partial charge in [0, 0.05) is 16.8 Å². The Kier molecular flexibility index (Phi) is 4.38. The summed E-state index contributed by atoms with van der Waals surface area (Å²) in [5.41, 5.74) is 8.35. The number of amides is 2. The molecular formula is C20H16N2O2. The minimum absolute atomic E-state index is 0.240. The molecule has 4 nitrogen and oxygen atoms in total. The average molecular weight is 316 g/mol. The van der Waals surface area contributed by atoms with E-state index in [0.29, 0.717) is 27.9 Å². The Balaban J connectivity index is 2.03. The molecule has 24 heavy (non-hydrogen) atoms. The van der Waals surface area contributed by atoms with Crippen molar-refractivity contribution in [3.05, 3.63) is 90.0 Å². The standard InChI is InChI=1S/C20H16N2O2/c21-19(23)17-12-6-4-10-15(17)16-11-5-7-13-18(16)20(24)22-14-8-2-1-3-9-14/h1-13H,(H2,21,23)(H,22,24). The number of nitrogens with two attached hydrogens (primary N) is 1. The lowest BCUT2D eigenvalue weighted by Crippen LogP contribution is -2.15. The van der Waals surface area contributed by atoms with Gasteiger partial charge < -0.3 is 11.1 Å². The lowest BCUT2D eigenvalue weighted by molar-refractivity contribution is 0.0997. The molecule has 0 saturated carbocycles. The monoisotopic (exact) mass is 316 g/mol. The summed E-state index contributed by atoms with van der Waals surface area (Å²) in [6.07, 6.45) is 0. The summed E-state index contributed by atoms with van der Waals surface area (Å²) in [6, 6.07) is 23.4. The number of nitrogens with one attached hydrogen (secondary N) is 1. The minimum Gasteiger partial charge on any atom is -0.366 e. The number of primary amides is 1. The molecule has 0 heterocycles. The maximum atomic E-state index is 12.7. The van der Waals surface area contributed by atoms with Gasteiger partial charge in [0.25, 0.3) is 5.91 Å². The van der Waals surface area contributed by atoms with Crippen molar-refractivity contribution in [2.45, 2.75) is 0 Å². The van der Waals surface area contributed by atoms with Gasteiger partial charge in [-0.15, -0.1) is 0 Å². The first-order chi connectivity index (χ1) is 11.7. The number of carbonyl (C=O) groups is 2. The fourth-order valence-corrected chi connectivity index (χ4v) is 2.57. The highest BCUT2D eigenvalue weighted by atomic mass is 16.2. The van der Waals surface area contributed by atoms with Gasteiger partial charge in [0.05, 0.1) is 0 Å². The van der Waals surface area contributed by atoms with Crippen molar-refractivity contribution in [1.29, 1.82) is 0 Å². The SMILES string of the molecule is NC(=O)c1ccccc1-c1ccccc1C(=O)Nc1ccccc1. The quantitative estimate of drug-likeness (QED) is 0.770. The Labute approximate surface area is 139 Å². The van der Waals surface area contributed by atoms with Gasteiger partial charge >= 0.3 is 0 Å². The molecule has 0 aliphatic carbocycles. The predicted molar refractivity (Wildman–Crippen MR) is 94.8 cm³/mol. The number of benzene rings is 3. The summed E-state index contributed by atoms with van der Waals surface area (Å²) < 4.78 is 0. The van der Waals surface area contributed by atoms with E-state index in [0.717, 1.165) is 0 Å². The second-order valence-electron chi connectivity index (χ2n) is 5.28. The molecule has 3 rings (SSSR count). The van der Waals surface area contributed by atoms with Crippen LogP contribution in [-0.2, 0) is 0 Å². The molecule has 0 atom stereocenters. The first-order valence-electron chi connectivity index (χ1n) is 7.51. The molecule has 0 spiro atoms. The number of para-hydroxylation sites is 1. The average Bonchev–Trinajstić information content (AvgIpc) is 2.62. The third-order valence-corrected chi connectivity index (χ3v) is 3.69. The molecule has 0 aliphatic heterocycles. The van der Waals surface area contributed by atoms with Gasteiger partial charge in [0.1, 0.15) is 0 Å². The molecule has 4 heteroatoms. The van der Waals surface area contributed by atoms with Gasteiger partial charge in [0.15, 0.2) is 0 Å². The van der Waals surface area contributed by atoms with Gasteiger partial charge in [-0.3, -0.25) is 9.59 Å². The molecule has 0 aromatic heterocycles. The molecule has 0 bridgehead atoms. The van der Waals surface area contributed by atoms with Crippen LogP contribution < -0.4 is 11.1 Å². The number of rotatable bonds is 4. The van der Waals surface area contributed by atoms with Gasteiger partial charge in [-0.05, 0) is 35.4 Å². The molecule has 0 saturated heterocycles. The van der Waals surface area contributed by atoms with E-state index in [1.807, 2.05) is 48.5 Å². The Hall–Kier alpha value is -3.40. The number of anilines is 1. The molecule has 0 aliphatic rings. The van der Waals surface area contributed by atoms with E-state index in [1.165, 1.54) is 0 Å². The maximum absolute atomic E-state index is 12.7. The lowest BCUT2D eigenvalue weighted by Gasteiger charge is -2.12. The van der Waals surface area contributed by atoms with Crippen molar-refractivity contribution in [3.8, 4) is 11.1 Å². The normalized spacial score (nSPS) is 10.2. The summed E-state index contributed by atoms with van der Waals surface area (Å²) in [7, 11) is 0. The highest BCUT2D eigenvalue weighted by Gasteiger charge is 2.16. The summed E-state index contributed by atoms with van der Waals surface area (Å²) in [5, 5.41) is 2.86. The fourth-order valence-electron chi connectivity index (χ4n) is 2.57. The van der Waals surface area contributed by atoms with Crippen LogP contribution in [0.1, 0.15) is 20.7 Å². The molecule has 3 aromatic carbocycles. The Morgan fingerprint density at radius 1 is 0.667 bits per heavy atom. The zero-order valence-electron chi connectivity index (χ0n) is 12.9. The van der Waals surface area contributed by atoms with Crippen LogP contribution in [0.15, 0.2) is 78.9 Å². The molecule has 118 valence electrons. The van der Waals surface area contributed by atoms with E-state index in [4.69, 9.17) is 5.73 Å². The first kappa shape index (κ1) is 15.5. The van der Waals surface area contributed by atoms with E-state index in [-0.39, 0.29) is 5.91 Å². The third-order valence-electron chi connectivity index (χ3n) is 3.69. The zero-order valence-corrected chi connectivity index (χ0v) is 12.9. The first-order valence-corrected chi connectivity index (χ1v) is 7.51. The van der Waals surface area contributed by atoms with Crippen LogP contribution >= 0.6 is 0 Å². The second-order valence-corrected chi connectivity index (χ2v) is 5.28. The summed E-state index contributed by atoms with van der Waals surface area (Å²) in [5.74, 6) is -0.764. The van der Waals surface area contributed by atoms with Gasteiger partial charge in [-0.2, -0.15) is 0 Å². The Morgan fingerprint density at radius 3 is 1.79 bits per heavy atom. The van der Waals surface area contributed by atoms with Crippen LogP contribution in [0.4, 0.5) is 5.69 Å². The molecule has 0 fully saturated rings. The minimum atomic E-state index is -0.524. The van der Waals surface area contributed by atoms with E-state index in [2.05, 4.69) is 5.32 Å². The van der Waals surface area contributed by atoms with Crippen LogP contribution in [0, 0.1) is 0 Å². The van der Waals surface area contributed by atoms with Gasteiger partial charge in [-0.25, -0.2) is 0 Å². The highest BCUT2D eigenvalue weighted by molar-refractivity contribution is 6.10. The van der Waals surface area contributed by atoms with Crippen molar-refractivity contribution >= 4 is 17.5 Å². The molecule has 0 radical (unpaired) electrons. The smallest absolute Gasteiger partial charge is 0.256 e. The van der Waals surface area contributed by atoms with Gasteiger partial charge in [0.2, 0.25) is 5.91 Å². The third kappa shape index (κ3) is 3.17. The Morgan fingerprint density at radius 2 is 1.17 bits per heavy atom. The van der Waals surface area contributed by atoms with Crippen LogP contribution in [0.3, 0.4) is 0 Å².